The highest BCUT2D eigenvalue weighted by Crippen LogP contribution is 2.36. The highest BCUT2D eigenvalue weighted by atomic mass is 16.5. The summed E-state index contributed by atoms with van der Waals surface area (Å²) in [5, 5.41) is 30.0. The van der Waals surface area contributed by atoms with Crippen LogP contribution in [0.5, 0.6) is 5.75 Å². The second kappa shape index (κ2) is 7.63. The van der Waals surface area contributed by atoms with E-state index in [0.29, 0.717) is 28.5 Å². The summed E-state index contributed by atoms with van der Waals surface area (Å²) in [6, 6.07) is 10.1. The van der Waals surface area contributed by atoms with Crippen molar-refractivity contribution in [3.63, 3.8) is 0 Å². The molecule has 0 aliphatic rings. The summed E-state index contributed by atoms with van der Waals surface area (Å²) in [7, 11) is 1.41. The third kappa shape index (κ3) is 3.75. The number of methoxy groups -OCH3 is 1. The van der Waals surface area contributed by atoms with Gasteiger partial charge in [0, 0.05) is 17.7 Å². The Bertz CT molecular complexity index is 1280. The highest BCUT2D eigenvalue weighted by Gasteiger charge is 2.27. The van der Waals surface area contributed by atoms with Gasteiger partial charge in [-0.1, -0.05) is 26.8 Å². The lowest BCUT2D eigenvalue weighted by molar-refractivity contribution is 0.0693. The molecule has 0 spiro atoms. The van der Waals surface area contributed by atoms with Crippen LogP contribution in [0, 0.1) is 0 Å². The molecule has 2 N–H and O–H groups in total. The van der Waals surface area contributed by atoms with E-state index in [-0.39, 0.29) is 16.7 Å². The van der Waals surface area contributed by atoms with Gasteiger partial charge >= 0.3 is 5.97 Å². The minimum absolute atomic E-state index is 0.0540. The maximum atomic E-state index is 11.3. The molecule has 0 radical (unpaired) electrons. The maximum Gasteiger partial charge on any atom is 0.339 e. The van der Waals surface area contributed by atoms with Gasteiger partial charge in [-0.25, -0.2) is 4.79 Å². The van der Waals surface area contributed by atoms with Crippen LogP contribution in [0.3, 0.4) is 0 Å². The number of carboxylic acids is 1. The number of carbonyl (C=O) groups is 1. The summed E-state index contributed by atoms with van der Waals surface area (Å²) in [4.78, 5) is 15.6. The van der Waals surface area contributed by atoms with E-state index < -0.39 is 5.97 Å². The van der Waals surface area contributed by atoms with Crippen molar-refractivity contribution in [3.05, 3.63) is 53.9 Å². The number of nitrogens with one attached hydrogen (secondary N) is 1. The molecule has 3 heterocycles. The molecule has 31 heavy (non-hydrogen) atoms. The fraction of sp³-hybridized carbons (Fsp3) is 0.238. The number of hydrogen-bond acceptors (Lipinski definition) is 7. The molecule has 10 heteroatoms. The average molecular weight is 419 g/mol. The van der Waals surface area contributed by atoms with Gasteiger partial charge in [-0.05, 0) is 24.3 Å². The summed E-state index contributed by atoms with van der Waals surface area (Å²) in [6.45, 7) is 6.10. The monoisotopic (exact) mass is 419 g/mol. The molecule has 10 nitrogen and oxygen atoms in total. The van der Waals surface area contributed by atoms with Gasteiger partial charge in [-0.2, -0.15) is 19.8 Å². The van der Waals surface area contributed by atoms with Crippen molar-refractivity contribution in [2.75, 3.05) is 7.11 Å². The first kappa shape index (κ1) is 20.2. The topological polar surface area (TPSA) is 130 Å². The Morgan fingerprint density at radius 1 is 1.19 bits per heavy atom. The van der Waals surface area contributed by atoms with Gasteiger partial charge in [0.05, 0.1) is 18.5 Å². The number of aromatic amines is 1. The summed E-state index contributed by atoms with van der Waals surface area (Å²) in [6.07, 6.45) is 1.69. The molecule has 3 aromatic heterocycles. The first-order valence-corrected chi connectivity index (χ1v) is 9.51. The lowest BCUT2D eigenvalue weighted by Gasteiger charge is -2.15. The van der Waals surface area contributed by atoms with E-state index in [0.717, 1.165) is 5.69 Å². The van der Waals surface area contributed by atoms with Crippen molar-refractivity contribution in [1.82, 2.24) is 24.8 Å². The van der Waals surface area contributed by atoms with Gasteiger partial charge in [-0.3, -0.25) is 10.1 Å². The fourth-order valence-corrected chi connectivity index (χ4v) is 3.10. The zero-order valence-corrected chi connectivity index (χ0v) is 17.5. The van der Waals surface area contributed by atoms with Crippen LogP contribution in [0.25, 0.3) is 17.2 Å². The lowest BCUT2D eigenvalue weighted by Crippen LogP contribution is -2.12. The number of H-pyrrole nitrogens is 1. The number of nitrogens with zero attached hydrogens (tertiary/aromatic N) is 6. The Hall–Kier alpha value is -4.08. The molecular formula is C21H21N7O3. The van der Waals surface area contributed by atoms with Gasteiger partial charge in [0.25, 0.3) is 0 Å². The number of hydrogen-bond donors (Lipinski definition) is 2. The number of azo groups is 1. The summed E-state index contributed by atoms with van der Waals surface area (Å²) >= 11 is 0. The molecule has 0 saturated carbocycles. The van der Waals surface area contributed by atoms with Crippen LogP contribution < -0.4 is 4.74 Å². The van der Waals surface area contributed by atoms with Crippen LogP contribution in [0.4, 0.5) is 11.4 Å². The SMILES string of the molecule is COc1cc(/N=N/c2c(C(C)(C)C)nn3c(-c4ccccn4)n[nH]c23)ccc1C(=O)O. The van der Waals surface area contributed by atoms with Crippen LogP contribution in [-0.2, 0) is 5.41 Å². The second-order valence-electron chi connectivity index (χ2n) is 7.86. The first-order valence-electron chi connectivity index (χ1n) is 9.51. The number of benzene rings is 1. The van der Waals surface area contributed by atoms with Crippen molar-refractivity contribution >= 4 is 23.0 Å². The van der Waals surface area contributed by atoms with Crippen LogP contribution in [-0.4, -0.2) is 43.0 Å². The molecule has 0 amide bonds. The van der Waals surface area contributed by atoms with Crippen LogP contribution in [0.2, 0.25) is 0 Å². The van der Waals surface area contributed by atoms with Crippen molar-refractivity contribution in [3.8, 4) is 17.3 Å². The Morgan fingerprint density at radius 3 is 2.65 bits per heavy atom. The highest BCUT2D eigenvalue weighted by molar-refractivity contribution is 5.91. The average Bonchev–Trinajstić information content (AvgIpc) is 3.32. The smallest absolute Gasteiger partial charge is 0.339 e. The van der Waals surface area contributed by atoms with Crippen LogP contribution in [0.1, 0.15) is 36.8 Å². The van der Waals surface area contributed by atoms with Crippen LogP contribution in [0.15, 0.2) is 52.8 Å². The van der Waals surface area contributed by atoms with E-state index in [1.807, 2.05) is 39.0 Å². The zero-order valence-electron chi connectivity index (χ0n) is 17.5. The summed E-state index contributed by atoms with van der Waals surface area (Å²) in [5.41, 5.74) is 2.73. The van der Waals surface area contributed by atoms with Gasteiger partial charge in [0.15, 0.2) is 11.3 Å². The van der Waals surface area contributed by atoms with Crippen molar-refractivity contribution < 1.29 is 14.6 Å². The number of carboxylic acid groups (broad SMARTS) is 1. The van der Waals surface area contributed by atoms with E-state index >= 15 is 0 Å². The number of rotatable bonds is 5. The van der Waals surface area contributed by atoms with Gasteiger partial charge in [0.1, 0.15) is 17.0 Å². The molecule has 0 unspecified atom stereocenters. The Labute approximate surface area is 177 Å². The fourth-order valence-electron chi connectivity index (χ4n) is 3.10. The zero-order chi connectivity index (χ0) is 22.2. The molecule has 0 bridgehead atoms. The number of aromatic carboxylic acids is 1. The normalized spacial score (nSPS) is 12.0. The van der Waals surface area contributed by atoms with E-state index in [1.54, 1.807) is 16.8 Å². The predicted octanol–water partition coefficient (Wildman–Crippen LogP) is 4.54. The van der Waals surface area contributed by atoms with E-state index in [4.69, 9.17) is 9.84 Å². The number of fused-ring (bicyclic) bond motifs is 1. The Kier molecular flexibility index (Phi) is 4.97. The first-order chi connectivity index (χ1) is 14.8. The third-order valence-electron chi connectivity index (χ3n) is 4.61. The molecule has 0 atom stereocenters. The minimum atomic E-state index is -1.08. The van der Waals surface area contributed by atoms with Gasteiger partial charge < -0.3 is 9.84 Å². The molecule has 4 aromatic rings. The molecular weight excluding hydrogens is 398 g/mol. The van der Waals surface area contributed by atoms with Gasteiger partial charge in [0.2, 0.25) is 5.82 Å². The van der Waals surface area contributed by atoms with Crippen molar-refractivity contribution in [1.29, 1.82) is 0 Å². The third-order valence-corrected chi connectivity index (χ3v) is 4.61. The summed E-state index contributed by atoms with van der Waals surface area (Å²) < 4.78 is 6.83. The molecule has 0 aliphatic heterocycles. The van der Waals surface area contributed by atoms with Crippen molar-refractivity contribution in [2.24, 2.45) is 10.2 Å². The molecule has 0 fully saturated rings. The van der Waals surface area contributed by atoms with Crippen LogP contribution >= 0.6 is 0 Å². The van der Waals surface area contributed by atoms with Gasteiger partial charge in [-0.15, -0.1) is 5.11 Å². The molecule has 0 saturated heterocycles. The largest absolute Gasteiger partial charge is 0.496 e. The minimum Gasteiger partial charge on any atom is -0.496 e. The lowest BCUT2D eigenvalue weighted by atomic mass is 9.91. The number of pyridine rings is 1. The standard InChI is InChI=1S/C21H21N7O3/c1-21(2,3)17-16(24-23-12-8-9-13(20(29)30)15(11-12)31-4)19-26-25-18(28(19)27-17)14-7-5-6-10-22-14/h5-11,26H,1-4H3,(H,29,30)/b24-23+. The molecule has 4 rings (SSSR count). The Balaban J connectivity index is 1.82. The molecule has 0 aliphatic carbocycles. The van der Waals surface area contributed by atoms with E-state index in [2.05, 4.69) is 25.4 Å². The number of aromatic nitrogens is 5. The summed E-state index contributed by atoms with van der Waals surface area (Å²) in [5.74, 6) is -0.303. The maximum absolute atomic E-state index is 11.3. The quantitative estimate of drug-likeness (QED) is 0.457. The molecule has 1 aromatic carbocycles. The number of ether oxygens (including phenoxy) is 1. The predicted molar refractivity (Wildman–Crippen MR) is 113 cm³/mol. The van der Waals surface area contributed by atoms with E-state index in [9.17, 15) is 9.90 Å². The Morgan fingerprint density at radius 2 is 2.00 bits per heavy atom. The van der Waals surface area contributed by atoms with Crippen molar-refractivity contribution in [2.45, 2.75) is 26.2 Å². The van der Waals surface area contributed by atoms with E-state index in [1.165, 1.54) is 19.2 Å². The second-order valence-corrected chi connectivity index (χ2v) is 7.86. The molecule has 158 valence electrons.